The van der Waals surface area contributed by atoms with Crippen molar-refractivity contribution in [2.24, 2.45) is 0 Å². The fourth-order valence-electron chi connectivity index (χ4n) is 1.12. The highest BCUT2D eigenvalue weighted by molar-refractivity contribution is 6.17. The van der Waals surface area contributed by atoms with Crippen molar-refractivity contribution < 1.29 is 9.84 Å². The molecule has 0 aromatic heterocycles. The van der Waals surface area contributed by atoms with Gasteiger partial charge in [-0.2, -0.15) is 0 Å². The van der Waals surface area contributed by atoms with E-state index >= 15 is 0 Å². The van der Waals surface area contributed by atoms with Crippen LogP contribution in [-0.4, -0.2) is 24.2 Å². The van der Waals surface area contributed by atoms with Crippen LogP contribution in [0.15, 0.2) is 24.3 Å². The van der Waals surface area contributed by atoms with Gasteiger partial charge in [-0.15, -0.1) is 11.6 Å². The van der Waals surface area contributed by atoms with Crippen LogP contribution in [0.5, 0.6) is 5.75 Å². The van der Waals surface area contributed by atoms with Crippen LogP contribution in [0, 0.1) is 6.92 Å². The molecule has 0 heterocycles. The third kappa shape index (κ3) is 3.20. The van der Waals surface area contributed by atoms with Gasteiger partial charge in [-0.3, -0.25) is 0 Å². The molecular weight excluding hydrogens is 200 g/mol. The van der Waals surface area contributed by atoms with Crippen molar-refractivity contribution in [2.45, 2.75) is 5.92 Å². The van der Waals surface area contributed by atoms with E-state index in [9.17, 15) is 0 Å². The molecule has 3 heteroatoms. The Morgan fingerprint density at radius 3 is 2.93 bits per heavy atom. The van der Waals surface area contributed by atoms with Gasteiger partial charge >= 0.3 is 0 Å². The molecule has 1 atom stereocenters. The molecule has 0 saturated carbocycles. The largest absolute Gasteiger partial charge is 0.492 e. The minimum absolute atomic E-state index is 0.0406. The molecule has 1 aromatic carbocycles. The molecule has 0 saturated heterocycles. The number of hydrogen-bond acceptors (Lipinski definition) is 2. The Morgan fingerprint density at radius 2 is 2.29 bits per heavy atom. The Hall–Kier alpha value is -0.730. The molecule has 77 valence electrons. The lowest BCUT2D eigenvalue weighted by Gasteiger charge is -2.10. The molecule has 1 N–H and O–H groups in total. The van der Waals surface area contributed by atoms with Crippen LogP contribution >= 0.6 is 11.6 Å². The van der Waals surface area contributed by atoms with Crippen molar-refractivity contribution in [3.05, 3.63) is 36.8 Å². The Labute approximate surface area is 89.5 Å². The van der Waals surface area contributed by atoms with Gasteiger partial charge in [0.25, 0.3) is 0 Å². The van der Waals surface area contributed by atoms with Gasteiger partial charge in [-0.1, -0.05) is 12.1 Å². The molecule has 0 amide bonds. The number of rotatable bonds is 5. The summed E-state index contributed by atoms with van der Waals surface area (Å²) in [6, 6.07) is 7.54. The van der Waals surface area contributed by atoms with Crippen LogP contribution < -0.4 is 4.74 Å². The topological polar surface area (TPSA) is 29.5 Å². The van der Waals surface area contributed by atoms with Crippen LogP contribution in [-0.2, 0) is 0 Å². The van der Waals surface area contributed by atoms with E-state index in [-0.39, 0.29) is 12.5 Å². The summed E-state index contributed by atoms with van der Waals surface area (Å²) in [6.45, 7) is 4.35. The van der Waals surface area contributed by atoms with Crippen LogP contribution in [0.3, 0.4) is 0 Å². The predicted molar refractivity (Wildman–Crippen MR) is 57.8 cm³/mol. The van der Waals surface area contributed by atoms with Crippen molar-refractivity contribution in [3.8, 4) is 5.75 Å². The van der Waals surface area contributed by atoms with E-state index in [1.165, 1.54) is 0 Å². The number of ether oxygens (including phenoxy) is 1. The molecule has 1 unspecified atom stereocenters. The van der Waals surface area contributed by atoms with E-state index in [1.54, 1.807) is 0 Å². The SMILES string of the molecule is [CH2]C(CO)c1cccc(OCCCl)c1. The van der Waals surface area contributed by atoms with Crippen LogP contribution in [0.4, 0.5) is 0 Å². The Kier molecular flexibility index (Phi) is 4.77. The Bertz CT molecular complexity index is 276. The number of benzene rings is 1. The summed E-state index contributed by atoms with van der Waals surface area (Å²) in [5, 5.41) is 8.93. The number of hydrogen-bond donors (Lipinski definition) is 1. The Morgan fingerprint density at radius 1 is 1.50 bits per heavy atom. The highest BCUT2D eigenvalue weighted by Crippen LogP contribution is 2.19. The van der Waals surface area contributed by atoms with E-state index in [0.717, 1.165) is 11.3 Å². The molecule has 1 radical (unpaired) electrons. The summed E-state index contributed by atoms with van der Waals surface area (Å²) in [6.07, 6.45) is 0. The second-order valence-electron chi connectivity index (χ2n) is 2.99. The maximum atomic E-state index is 8.93. The molecule has 0 aliphatic carbocycles. The van der Waals surface area contributed by atoms with Crippen molar-refractivity contribution in [1.82, 2.24) is 0 Å². The van der Waals surface area contributed by atoms with Gasteiger partial charge in [0.15, 0.2) is 0 Å². The first-order valence-corrected chi connectivity index (χ1v) is 5.04. The first kappa shape index (κ1) is 11.3. The van der Waals surface area contributed by atoms with E-state index in [4.69, 9.17) is 21.4 Å². The molecule has 0 fully saturated rings. The molecule has 2 nitrogen and oxygen atoms in total. The number of aliphatic hydroxyl groups excluding tert-OH is 1. The van der Waals surface area contributed by atoms with Crippen LogP contribution in [0.2, 0.25) is 0 Å². The van der Waals surface area contributed by atoms with Crippen LogP contribution in [0.1, 0.15) is 11.5 Å². The maximum Gasteiger partial charge on any atom is 0.119 e. The monoisotopic (exact) mass is 213 g/mol. The van der Waals surface area contributed by atoms with Gasteiger partial charge in [0, 0.05) is 12.5 Å². The standard InChI is InChI=1S/C11H14ClO2/c1-9(8-13)10-3-2-4-11(7-10)14-6-5-12/h2-4,7,9,13H,1,5-6,8H2. The van der Waals surface area contributed by atoms with Gasteiger partial charge in [0.2, 0.25) is 0 Å². The average Bonchev–Trinajstić information content (AvgIpc) is 2.25. The third-order valence-electron chi connectivity index (χ3n) is 1.90. The van der Waals surface area contributed by atoms with Crippen molar-refractivity contribution in [2.75, 3.05) is 19.1 Å². The number of alkyl halides is 1. The Balaban J connectivity index is 2.68. The maximum absolute atomic E-state index is 8.93. The predicted octanol–water partition coefficient (Wildman–Crippen LogP) is 2.21. The molecule has 1 aromatic rings. The zero-order valence-electron chi connectivity index (χ0n) is 7.95. The summed E-state index contributed by atoms with van der Waals surface area (Å²) < 4.78 is 5.35. The van der Waals surface area contributed by atoms with Gasteiger partial charge in [-0.05, 0) is 24.6 Å². The van der Waals surface area contributed by atoms with E-state index in [2.05, 4.69) is 6.92 Å². The van der Waals surface area contributed by atoms with Gasteiger partial charge in [0.1, 0.15) is 12.4 Å². The van der Waals surface area contributed by atoms with E-state index in [0.29, 0.717) is 12.5 Å². The fourth-order valence-corrected chi connectivity index (χ4v) is 1.20. The van der Waals surface area contributed by atoms with Crippen molar-refractivity contribution >= 4 is 11.6 Å². The first-order chi connectivity index (χ1) is 6.77. The summed E-state index contributed by atoms with van der Waals surface area (Å²) >= 11 is 5.50. The minimum Gasteiger partial charge on any atom is -0.492 e. The summed E-state index contributed by atoms with van der Waals surface area (Å²) in [7, 11) is 0. The lowest BCUT2D eigenvalue weighted by molar-refractivity contribution is 0.282. The highest BCUT2D eigenvalue weighted by atomic mass is 35.5. The quantitative estimate of drug-likeness (QED) is 0.760. The molecule has 1 rings (SSSR count). The first-order valence-electron chi connectivity index (χ1n) is 4.50. The lowest BCUT2D eigenvalue weighted by atomic mass is 10.0. The van der Waals surface area contributed by atoms with E-state index in [1.807, 2.05) is 24.3 Å². The molecule has 0 aliphatic rings. The fraction of sp³-hybridized carbons (Fsp3) is 0.364. The lowest BCUT2D eigenvalue weighted by Crippen LogP contribution is -2.01. The van der Waals surface area contributed by atoms with Crippen molar-refractivity contribution in [3.63, 3.8) is 0 Å². The zero-order valence-corrected chi connectivity index (χ0v) is 8.70. The number of halogens is 1. The van der Waals surface area contributed by atoms with Gasteiger partial charge < -0.3 is 9.84 Å². The summed E-state index contributed by atoms with van der Waals surface area (Å²) in [5.41, 5.74) is 0.972. The molecular formula is C11H14ClO2. The van der Waals surface area contributed by atoms with E-state index < -0.39 is 0 Å². The third-order valence-corrected chi connectivity index (χ3v) is 2.05. The smallest absolute Gasteiger partial charge is 0.119 e. The molecule has 0 aliphatic heterocycles. The average molecular weight is 214 g/mol. The van der Waals surface area contributed by atoms with Crippen molar-refractivity contribution in [1.29, 1.82) is 0 Å². The van der Waals surface area contributed by atoms with Gasteiger partial charge in [-0.25, -0.2) is 0 Å². The normalized spacial score (nSPS) is 12.5. The molecule has 0 bridgehead atoms. The summed E-state index contributed by atoms with van der Waals surface area (Å²) in [4.78, 5) is 0. The number of aliphatic hydroxyl groups is 1. The second-order valence-corrected chi connectivity index (χ2v) is 3.37. The molecule has 14 heavy (non-hydrogen) atoms. The second kappa shape index (κ2) is 5.89. The van der Waals surface area contributed by atoms with Gasteiger partial charge in [0.05, 0.1) is 5.88 Å². The zero-order chi connectivity index (χ0) is 10.4. The minimum atomic E-state index is -0.102. The highest BCUT2D eigenvalue weighted by Gasteiger charge is 2.04. The summed E-state index contributed by atoms with van der Waals surface area (Å²) in [5.74, 6) is 1.14. The molecule has 0 spiro atoms. The van der Waals surface area contributed by atoms with Crippen LogP contribution in [0.25, 0.3) is 0 Å².